The molecule has 0 aromatic heterocycles. The van der Waals surface area contributed by atoms with E-state index in [1.807, 2.05) is 11.9 Å². The van der Waals surface area contributed by atoms with Crippen LogP contribution in [0.25, 0.3) is 0 Å². The number of likely N-dealkylation sites (tertiary alicyclic amines) is 1. The Morgan fingerprint density at radius 1 is 1.22 bits per heavy atom. The van der Waals surface area contributed by atoms with Crippen molar-refractivity contribution in [3.05, 3.63) is 0 Å². The van der Waals surface area contributed by atoms with Gasteiger partial charge in [0.15, 0.2) is 0 Å². The smallest absolute Gasteiger partial charge is 0.317 e. The van der Waals surface area contributed by atoms with Crippen molar-refractivity contribution in [2.24, 2.45) is 5.92 Å². The fourth-order valence-electron chi connectivity index (χ4n) is 3.11. The third-order valence-electron chi connectivity index (χ3n) is 4.31. The van der Waals surface area contributed by atoms with Crippen LogP contribution in [0.15, 0.2) is 0 Å². The lowest BCUT2D eigenvalue weighted by molar-refractivity contribution is 0.198. The van der Waals surface area contributed by atoms with Gasteiger partial charge in [-0.25, -0.2) is 4.79 Å². The van der Waals surface area contributed by atoms with Gasteiger partial charge in [0.05, 0.1) is 0 Å². The molecule has 0 bridgehead atoms. The quantitative estimate of drug-likeness (QED) is 0.804. The lowest BCUT2D eigenvalue weighted by atomic mass is 9.96. The summed E-state index contributed by atoms with van der Waals surface area (Å²) < 4.78 is 0. The van der Waals surface area contributed by atoms with E-state index in [0.717, 1.165) is 19.6 Å². The third kappa shape index (κ3) is 3.87. The van der Waals surface area contributed by atoms with Crippen molar-refractivity contribution in [3.8, 4) is 0 Å². The second kappa shape index (κ2) is 6.98. The second-order valence-corrected chi connectivity index (χ2v) is 5.78. The maximum atomic E-state index is 12.1. The summed E-state index contributed by atoms with van der Waals surface area (Å²) in [6, 6.07) is 0.608. The van der Waals surface area contributed by atoms with Gasteiger partial charge in [0.2, 0.25) is 0 Å². The van der Waals surface area contributed by atoms with Gasteiger partial charge in [0.25, 0.3) is 0 Å². The topological polar surface area (TPSA) is 44.4 Å². The van der Waals surface area contributed by atoms with E-state index in [4.69, 9.17) is 0 Å². The van der Waals surface area contributed by atoms with Gasteiger partial charge in [-0.05, 0) is 45.2 Å². The molecule has 0 aromatic carbocycles. The highest BCUT2D eigenvalue weighted by Gasteiger charge is 2.27. The molecular formula is C14H27N3O. The van der Waals surface area contributed by atoms with Crippen LogP contribution < -0.4 is 10.6 Å². The van der Waals surface area contributed by atoms with Crippen LogP contribution >= 0.6 is 0 Å². The van der Waals surface area contributed by atoms with E-state index in [9.17, 15) is 4.79 Å². The minimum absolute atomic E-state index is 0.175. The van der Waals surface area contributed by atoms with Crippen LogP contribution in [0.4, 0.5) is 4.79 Å². The summed E-state index contributed by atoms with van der Waals surface area (Å²) >= 11 is 0. The Hall–Kier alpha value is -0.770. The number of amides is 2. The highest BCUT2D eigenvalue weighted by molar-refractivity contribution is 5.74. The average Bonchev–Trinajstić information content (AvgIpc) is 2.86. The molecule has 1 heterocycles. The monoisotopic (exact) mass is 253 g/mol. The lowest BCUT2D eigenvalue weighted by Crippen LogP contribution is -2.44. The maximum absolute atomic E-state index is 12.1. The van der Waals surface area contributed by atoms with Crippen molar-refractivity contribution in [3.63, 3.8) is 0 Å². The summed E-state index contributed by atoms with van der Waals surface area (Å²) in [6.07, 6.45) is 8.57. The molecular weight excluding hydrogens is 226 g/mol. The molecule has 1 aliphatic carbocycles. The van der Waals surface area contributed by atoms with Crippen LogP contribution in [-0.2, 0) is 0 Å². The minimum atomic E-state index is 0.175. The molecule has 1 saturated carbocycles. The van der Waals surface area contributed by atoms with Crippen LogP contribution in [0.5, 0.6) is 0 Å². The van der Waals surface area contributed by atoms with E-state index < -0.39 is 0 Å². The molecule has 1 atom stereocenters. The fourth-order valence-corrected chi connectivity index (χ4v) is 3.11. The molecule has 2 rings (SSSR count). The van der Waals surface area contributed by atoms with Crippen molar-refractivity contribution in [1.82, 2.24) is 15.5 Å². The first-order valence-corrected chi connectivity index (χ1v) is 7.49. The first-order valence-electron chi connectivity index (χ1n) is 7.49. The van der Waals surface area contributed by atoms with Gasteiger partial charge in [-0.15, -0.1) is 0 Å². The normalized spacial score (nSPS) is 25.4. The largest absolute Gasteiger partial charge is 0.335 e. The Kier molecular flexibility index (Phi) is 5.29. The van der Waals surface area contributed by atoms with Gasteiger partial charge < -0.3 is 15.5 Å². The van der Waals surface area contributed by atoms with Gasteiger partial charge in [0.1, 0.15) is 0 Å². The molecule has 0 aromatic rings. The molecule has 1 saturated heterocycles. The first kappa shape index (κ1) is 13.7. The van der Waals surface area contributed by atoms with Crippen LogP contribution in [0, 0.1) is 5.92 Å². The summed E-state index contributed by atoms with van der Waals surface area (Å²) in [4.78, 5) is 14.1. The number of rotatable bonds is 4. The van der Waals surface area contributed by atoms with Gasteiger partial charge in [0, 0.05) is 19.1 Å². The molecule has 2 N–H and O–H groups in total. The predicted molar refractivity (Wildman–Crippen MR) is 73.6 cm³/mol. The van der Waals surface area contributed by atoms with Crippen molar-refractivity contribution in [1.29, 1.82) is 0 Å². The Labute approximate surface area is 110 Å². The number of nitrogens with zero attached hydrogens (tertiary/aromatic N) is 1. The molecule has 1 aliphatic heterocycles. The zero-order valence-corrected chi connectivity index (χ0v) is 11.6. The standard InChI is InChI=1S/C14H27N3O/c1-15-9-7-12-8-10-17(11-12)14(18)16-13-5-3-2-4-6-13/h12-13,15H,2-11H2,1H3,(H,16,18). The average molecular weight is 253 g/mol. The van der Waals surface area contributed by atoms with E-state index in [2.05, 4.69) is 10.6 Å². The SMILES string of the molecule is CNCCC1CCN(C(=O)NC2CCCCC2)C1. The first-order chi connectivity index (χ1) is 8.79. The number of nitrogens with one attached hydrogen (secondary N) is 2. The van der Waals surface area contributed by atoms with E-state index in [1.165, 1.54) is 44.9 Å². The highest BCUT2D eigenvalue weighted by Crippen LogP contribution is 2.21. The molecule has 2 aliphatic rings. The Morgan fingerprint density at radius 2 is 2.00 bits per heavy atom. The van der Waals surface area contributed by atoms with Crippen molar-refractivity contribution < 1.29 is 4.79 Å². The Bertz CT molecular complexity index is 264. The van der Waals surface area contributed by atoms with Crippen molar-refractivity contribution in [2.45, 2.75) is 51.0 Å². The zero-order valence-electron chi connectivity index (χ0n) is 11.6. The van der Waals surface area contributed by atoms with Gasteiger partial charge in [-0.2, -0.15) is 0 Å². The third-order valence-corrected chi connectivity index (χ3v) is 4.31. The van der Waals surface area contributed by atoms with Crippen LogP contribution in [-0.4, -0.2) is 43.7 Å². The molecule has 1 unspecified atom stereocenters. The summed E-state index contributed by atoms with van der Waals surface area (Å²) in [7, 11) is 1.99. The lowest BCUT2D eigenvalue weighted by Gasteiger charge is -2.26. The number of hydrogen-bond acceptors (Lipinski definition) is 2. The van der Waals surface area contributed by atoms with E-state index in [0.29, 0.717) is 12.0 Å². The molecule has 4 nitrogen and oxygen atoms in total. The van der Waals surface area contributed by atoms with Gasteiger partial charge >= 0.3 is 6.03 Å². The summed E-state index contributed by atoms with van der Waals surface area (Å²) in [5.41, 5.74) is 0. The number of carbonyl (C=O) groups excluding carboxylic acids is 1. The van der Waals surface area contributed by atoms with Crippen LogP contribution in [0.2, 0.25) is 0 Å². The maximum Gasteiger partial charge on any atom is 0.317 e. The zero-order chi connectivity index (χ0) is 12.8. The van der Waals surface area contributed by atoms with Crippen LogP contribution in [0.3, 0.4) is 0 Å². The molecule has 2 amide bonds. The minimum Gasteiger partial charge on any atom is -0.335 e. The Balaban J connectivity index is 1.69. The summed E-state index contributed by atoms with van der Waals surface area (Å²) in [5, 5.41) is 6.39. The summed E-state index contributed by atoms with van der Waals surface area (Å²) in [5.74, 6) is 0.689. The molecule has 2 fully saturated rings. The molecule has 104 valence electrons. The molecule has 4 heteroatoms. The van der Waals surface area contributed by atoms with E-state index >= 15 is 0 Å². The summed E-state index contributed by atoms with van der Waals surface area (Å²) in [6.45, 7) is 2.94. The molecule has 0 radical (unpaired) electrons. The van der Waals surface area contributed by atoms with Gasteiger partial charge in [-0.1, -0.05) is 19.3 Å². The fraction of sp³-hybridized carbons (Fsp3) is 0.929. The number of hydrogen-bond donors (Lipinski definition) is 2. The number of carbonyl (C=O) groups is 1. The van der Waals surface area contributed by atoms with E-state index in [-0.39, 0.29) is 6.03 Å². The number of urea groups is 1. The highest BCUT2D eigenvalue weighted by atomic mass is 16.2. The molecule has 0 spiro atoms. The van der Waals surface area contributed by atoms with E-state index in [1.54, 1.807) is 0 Å². The van der Waals surface area contributed by atoms with Crippen molar-refractivity contribution >= 4 is 6.03 Å². The molecule has 18 heavy (non-hydrogen) atoms. The van der Waals surface area contributed by atoms with Crippen molar-refractivity contribution in [2.75, 3.05) is 26.7 Å². The predicted octanol–water partition coefficient (Wildman–Crippen LogP) is 1.96. The van der Waals surface area contributed by atoms with Crippen LogP contribution in [0.1, 0.15) is 44.9 Å². The Morgan fingerprint density at radius 3 is 2.72 bits per heavy atom. The van der Waals surface area contributed by atoms with Gasteiger partial charge in [-0.3, -0.25) is 0 Å². The second-order valence-electron chi connectivity index (χ2n) is 5.78.